The first-order valence-electron chi connectivity index (χ1n) is 3.31. The number of anilines is 1. The molecule has 13 heavy (non-hydrogen) atoms. The van der Waals surface area contributed by atoms with Crippen molar-refractivity contribution in [1.82, 2.24) is 5.43 Å². The average molecular weight is 248 g/mol. The van der Waals surface area contributed by atoms with Gasteiger partial charge in [-0.15, -0.1) is 0 Å². The van der Waals surface area contributed by atoms with E-state index in [0.29, 0.717) is 4.47 Å². The SMILES string of the molecule is NNC(=O)c1cc(F)cc(Br)c1N. The van der Waals surface area contributed by atoms with Crippen molar-refractivity contribution in [3.63, 3.8) is 0 Å². The molecule has 0 aromatic heterocycles. The Kier molecular flexibility index (Phi) is 2.84. The third-order valence-electron chi connectivity index (χ3n) is 1.47. The number of amides is 1. The van der Waals surface area contributed by atoms with Gasteiger partial charge in [-0.2, -0.15) is 0 Å². The molecule has 0 fully saturated rings. The molecule has 0 heterocycles. The number of hydrogen-bond acceptors (Lipinski definition) is 3. The molecule has 6 heteroatoms. The zero-order valence-electron chi connectivity index (χ0n) is 6.47. The number of hydrazine groups is 1. The maximum atomic E-state index is 12.8. The second-order valence-corrected chi connectivity index (χ2v) is 3.18. The molecule has 5 N–H and O–H groups in total. The van der Waals surface area contributed by atoms with Gasteiger partial charge in [0.2, 0.25) is 0 Å². The maximum Gasteiger partial charge on any atom is 0.267 e. The Balaban J connectivity index is 3.28. The summed E-state index contributed by atoms with van der Waals surface area (Å²) in [5.74, 6) is 3.70. The number of nitrogens with two attached hydrogens (primary N) is 2. The predicted molar refractivity (Wildman–Crippen MR) is 50.2 cm³/mol. The standard InChI is InChI=1S/C7H7BrFN3O/c8-5-2-3(9)1-4(6(5)10)7(13)12-11/h1-2H,10-11H2,(H,12,13). The van der Waals surface area contributed by atoms with Crippen LogP contribution in [0.5, 0.6) is 0 Å². The Morgan fingerprint density at radius 2 is 2.15 bits per heavy atom. The van der Waals surface area contributed by atoms with Crippen LogP contribution in [0.2, 0.25) is 0 Å². The molecule has 0 atom stereocenters. The summed E-state index contributed by atoms with van der Waals surface area (Å²) in [7, 11) is 0. The maximum absolute atomic E-state index is 12.8. The molecule has 0 aliphatic rings. The van der Waals surface area contributed by atoms with Gasteiger partial charge >= 0.3 is 0 Å². The summed E-state index contributed by atoms with van der Waals surface area (Å²) >= 11 is 3.01. The lowest BCUT2D eigenvalue weighted by Crippen LogP contribution is -2.30. The topological polar surface area (TPSA) is 81.1 Å². The van der Waals surface area contributed by atoms with Crippen LogP contribution in [0.1, 0.15) is 10.4 Å². The van der Waals surface area contributed by atoms with Crippen LogP contribution in [-0.4, -0.2) is 5.91 Å². The van der Waals surface area contributed by atoms with Crippen molar-refractivity contribution in [2.24, 2.45) is 5.84 Å². The Hall–Kier alpha value is -1.14. The minimum absolute atomic E-state index is 0.00868. The largest absolute Gasteiger partial charge is 0.397 e. The van der Waals surface area contributed by atoms with Crippen molar-refractivity contribution in [3.05, 3.63) is 28.0 Å². The molecule has 1 rings (SSSR count). The van der Waals surface area contributed by atoms with Crippen LogP contribution in [-0.2, 0) is 0 Å². The van der Waals surface area contributed by atoms with Gasteiger partial charge in [0.15, 0.2) is 0 Å². The smallest absolute Gasteiger partial charge is 0.267 e. The molecule has 0 bridgehead atoms. The quantitative estimate of drug-likeness (QED) is 0.297. The van der Waals surface area contributed by atoms with Gasteiger partial charge in [0.25, 0.3) is 5.91 Å². The number of carbonyl (C=O) groups is 1. The average Bonchev–Trinajstić information content (AvgIpc) is 2.10. The van der Waals surface area contributed by atoms with Gasteiger partial charge in [0, 0.05) is 4.47 Å². The normalized spacial score (nSPS) is 9.77. The molecular formula is C7H7BrFN3O. The molecule has 70 valence electrons. The third-order valence-corrected chi connectivity index (χ3v) is 2.13. The second-order valence-electron chi connectivity index (χ2n) is 2.32. The van der Waals surface area contributed by atoms with Gasteiger partial charge in [0.05, 0.1) is 11.3 Å². The van der Waals surface area contributed by atoms with E-state index in [4.69, 9.17) is 11.6 Å². The highest BCUT2D eigenvalue weighted by Crippen LogP contribution is 2.24. The van der Waals surface area contributed by atoms with Crippen LogP contribution in [0.3, 0.4) is 0 Å². The van der Waals surface area contributed by atoms with E-state index in [-0.39, 0.29) is 11.3 Å². The van der Waals surface area contributed by atoms with Gasteiger partial charge in [-0.05, 0) is 28.1 Å². The Morgan fingerprint density at radius 1 is 1.54 bits per heavy atom. The summed E-state index contributed by atoms with van der Waals surface area (Å²) in [6, 6.07) is 2.19. The van der Waals surface area contributed by atoms with E-state index >= 15 is 0 Å². The van der Waals surface area contributed by atoms with Crippen LogP contribution in [0, 0.1) is 5.82 Å². The molecule has 4 nitrogen and oxygen atoms in total. The number of rotatable bonds is 1. The van der Waals surface area contributed by atoms with Crippen molar-refractivity contribution in [2.75, 3.05) is 5.73 Å². The highest BCUT2D eigenvalue weighted by molar-refractivity contribution is 9.10. The highest BCUT2D eigenvalue weighted by Gasteiger charge is 2.12. The monoisotopic (exact) mass is 247 g/mol. The third kappa shape index (κ3) is 1.96. The Morgan fingerprint density at radius 3 is 2.69 bits per heavy atom. The lowest BCUT2D eigenvalue weighted by molar-refractivity contribution is 0.0954. The molecule has 0 spiro atoms. The first-order chi connectivity index (χ1) is 6.06. The van der Waals surface area contributed by atoms with E-state index in [0.717, 1.165) is 6.07 Å². The lowest BCUT2D eigenvalue weighted by Gasteiger charge is -2.05. The van der Waals surface area contributed by atoms with Crippen LogP contribution in [0.4, 0.5) is 10.1 Å². The summed E-state index contributed by atoms with van der Waals surface area (Å²) in [4.78, 5) is 11.0. The molecule has 1 aromatic rings. The van der Waals surface area contributed by atoms with Crippen molar-refractivity contribution in [1.29, 1.82) is 0 Å². The van der Waals surface area contributed by atoms with Gasteiger partial charge < -0.3 is 5.73 Å². The number of nitrogens with one attached hydrogen (secondary N) is 1. The van der Waals surface area contributed by atoms with E-state index in [1.54, 1.807) is 0 Å². The number of nitrogen functional groups attached to an aromatic ring is 2. The first-order valence-corrected chi connectivity index (χ1v) is 4.11. The minimum atomic E-state index is -0.627. The van der Waals surface area contributed by atoms with Gasteiger partial charge in [0.1, 0.15) is 5.82 Å². The number of carbonyl (C=O) groups excluding carboxylic acids is 1. The minimum Gasteiger partial charge on any atom is -0.397 e. The predicted octanol–water partition coefficient (Wildman–Crippen LogP) is 0.774. The number of benzene rings is 1. The Bertz CT molecular complexity index is 356. The van der Waals surface area contributed by atoms with Crippen molar-refractivity contribution < 1.29 is 9.18 Å². The van der Waals surface area contributed by atoms with Crippen molar-refractivity contribution >= 4 is 27.5 Å². The first kappa shape index (κ1) is 9.94. The molecule has 0 saturated carbocycles. The molecule has 0 saturated heterocycles. The van der Waals surface area contributed by atoms with E-state index in [9.17, 15) is 9.18 Å². The molecular weight excluding hydrogens is 241 g/mol. The number of halogens is 2. The van der Waals surface area contributed by atoms with Crippen molar-refractivity contribution in [3.8, 4) is 0 Å². The van der Waals surface area contributed by atoms with E-state index in [1.807, 2.05) is 5.43 Å². The summed E-state index contributed by atoms with van der Waals surface area (Å²) in [5, 5.41) is 0. The van der Waals surface area contributed by atoms with Crippen LogP contribution in [0.15, 0.2) is 16.6 Å². The molecule has 0 aliphatic heterocycles. The van der Waals surface area contributed by atoms with Crippen LogP contribution < -0.4 is 17.0 Å². The van der Waals surface area contributed by atoms with Gasteiger partial charge in [-0.1, -0.05) is 0 Å². The fourth-order valence-corrected chi connectivity index (χ4v) is 1.28. The summed E-state index contributed by atoms with van der Waals surface area (Å²) in [6.45, 7) is 0. The second kappa shape index (κ2) is 3.71. The summed E-state index contributed by atoms with van der Waals surface area (Å²) in [6.07, 6.45) is 0. The molecule has 0 radical (unpaired) electrons. The van der Waals surface area contributed by atoms with Gasteiger partial charge in [-0.25, -0.2) is 10.2 Å². The molecule has 1 amide bonds. The van der Waals surface area contributed by atoms with Crippen LogP contribution >= 0.6 is 15.9 Å². The van der Waals surface area contributed by atoms with Gasteiger partial charge in [-0.3, -0.25) is 10.2 Å². The Labute approximate surface area is 82.2 Å². The fourth-order valence-electron chi connectivity index (χ4n) is 0.850. The van der Waals surface area contributed by atoms with E-state index in [1.165, 1.54) is 6.07 Å². The molecule has 0 unspecified atom stereocenters. The van der Waals surface area contributed by atoms with Crippen LogP contribution in [0.25, 0.3) is 0 Å². The van der Waals surface area contributed by atoms with Crippen molar-refractivity contribution in [2.45, 2.75) is 0 Å². The van der Waals surface area contributed by atoms with E-state index in [2.05, 4.69) is 15.9 Å². The highest BCUT2D eigenvalue weighted by atomic mass is 79.9. The lowest BCUT2D eigenvalue weighted by atomic mass is 10.1. The molecule has 1 aromatic carbocycles. The number of hydrogen-bond donors (Lipinski definition) is 3. The van der Waals surface area contributed by atoms with E-state index < -0.39 is 11.7 Å². The molecule has 0 aliphatic carbocycles. The summed E-state index contributed by atoms with van der Waals surface area (Å²) in [5.41, 5.74) is 7.53. The fraction of sp³-hybridized carbons (Fsp3) is 0. The zero-order chi connectivity index (χ0) is 10.0. The zero-order valence-corrected chi connectivity index (χ0v) is 8.06. The summed E-state index contributed by atoms with van der Waals surface area (Å²) < 4.78 is 13.1.